The quantitative estimate of drug-likeness (QED) is 0.626. The third kappa shape index (κ3) is 5.60. The smallest absolute Gasteiger partial charge is 0.237 e. The second-order valence-corrected chi connectivity index (χ2v) is 8.67. The van der Waals surface area contributed by atoms with Crippen LogP contribution < -0.4 is 4.74 Å². The molecule has 2 aromatic rings. The van der Waals surface area contributed by atoms with Gasteiger partial charge in [-0.15, -0.1) is 11.3 Å². The molecule has 7 heteroatoms. The van der Waals surface area contributed by atoms with Crippen LogP contribution in [-0.2, 0) is 16.0 Å². The van der Waals surface area contributed by atoms with Gasteiger partial charge in [-0.25, -0.2) is 0 Å². The van der Waals surface area contributed by atoms with E-state index in [0.29, 0.717) is 26.2 Å². The molecule has 2 atom stereocenters. The monoisotopic (exact) mass is 432 g/mol. The molecule has 0 aliphatic carbocycles. The molecule has 1 aromatic heterocycles. The first-order valence-corrected chi connectivity index (χ1v) is 11.3. The number of ether oxygens (including phenoxy) is 2. The average molecular weight is 433 g/mol. The number of amides is 1. The molecule has 1 N–H and O–H groups in total. The van der Waals surface area contributed by atoms with Gasteiger partial charge in [0.05, 0.1) is 25.3 Å². The number of thiophene rings is 1. The van der Waals surface area contributed by atoms with Crippen LogP contribution in [0.2, 0.25) is 0 Å². The Morgan fingerprint density at radius 3 is 2.90 bits per heavy atom. The Balaban J connectivity index is 1.71. The highest BCUT2D eigenvalue weighted by molar-refractivity contribution is 7.10. The fraction of sp³-hybridized carbons (Fsp3) is 0.522. The van der Waals surface area contributed by atoms with E-state index < -0.39 is 6.10 Å². The molecular formula is C23H32N2O4S. The number of likely N-dealkylation sites (N-methyl/N-ethyl adjacent to an activating group) is 1. The summed E-state index contributed by atoms with van der Waals surface area (Å²) in [6.07, 6.45) is 0.269. The summed E-state index contributed by atoms with van der Waals surface area (Å²) >= 11 is 1.75. The van der Waals surface area contributed by atoms with Crippen LogP contribution in [0.25, 0.3) is 0 Å². The average Bonchev–Trinajstić information content (AvgIpc) is 3.21. The highest BCUT2D eigenvalue weighted by Crippen LogP contribution is 2.34. The molecule has 6 nitrogen and oxygen atoms in total. The Labute approximate surface area is 183 Å². The lowest BCUT2D eigenvalue weighted by molar-refractivity contribution is -0.136. The highest BCUT2D eigenvalue weighted by atomic mass is 32.1. The number of fused-ring (bicyclic) bond motifs is 1. The summed E-state index contributed by atoms with van der Waals surface area (Å²) in [6, 6.07) is 9.97. The van der Waals surface area contributed by atoms with Crippen LogP contribution >= 0.6 is 11.3 Å². The fourth-order valence-corrected chi connectivity index (χ4v) is 4.82. The number of carbonyl (C=O) groups is 1. The number of para-hydroxylation sites is 1. The lowest BCUT2D eigenvalue weighted by atomic mass is 10.0. The maximum Gasteiger partial charge on any atom is 0.237 e. The molecule has 0 fully saturated rings. The van der Waals surface area contributed by atoms with Gasteiger partial charge in [-0.05, 0) is 48.5 Å². The van der Waals surface area contributed by atoms with Gasteiger partial charge >= 0.3 is 0 Å². The Morgan fingerprint density at radius 2 is 2.17 bits per heavy atom. The van der Waals surface area contributed by atoms with Crippen molar-refractivity contribution >= 4 is 17.2 Å². The minimum absolute atomic E-state index is 0.0664. The van der Waals surface area contributed by atoms with Crippen LogP contribution in [0.15, 0.2) is 35.7 Å². The van der Waals surface area contributed by atoms with Gasteiger partial charge < -0.3 is 19.5 Å². The molecule has 0 spiro atoms. The topological polar surface area (TPSA) is 62.2 Å². The predicted molar refractivity (Wildman–Crippen MR) is 119 cm³/mol. The summed E-state index contributed by atoms with van der Waals surface area (Å²) < 4.78 is 11.2. The fourth-order valence-electron chi connectivity index (χ4n) is 3.89. The first-order chi connectivity index (χ1) is 14.5. The molecule has 3 rings (SSSR count). The molecule has 1 amide bonds. The van der Waals surface area contributed by atoms with Crippen molar-refractivity contribution in [3.8, 4) is 5.75 Å². The second-order valence-electron chi connectivity index (χ2n) is 7.67. The van der Waals surface area contributed by atoms with Gasteiger partial charge in [0.1, 0.15) is 12.4 Å². The highest BCUT2D eigenvalue weighted by Gasteiger charge is 2.33. The number of aliphatic hydroxyl groups is 1. The van der Waals surface area contributed by atoms with Gasteiger partial charge in [-0.2, -0.15) is 0 Å². The van der Waals surface area contributed by atoms with Crippen molar-refractivity contribution in [2.24, 2.45) is 0 Å². The molecule has 1 aromatic carbocycles. The van der Waals surface area contributed by atoms with E-state index in [2.05, 4.69) is 11.4 Å². The SMILES string of the molecule is CCN(CC(=O)N1CCc2sccc2[C@H]1COc1ccccc1C)C[C@@H](O)COC. The molecule has 30 heavy (non-hydrogen) atoms. The number of aryl methyl sites for hydroxylation is 1. The van der Waals surface area contributed by atoms with Gasteiger partial charge in [0, 0.05) is 25.1 Å². The minimum Gasteiger partial charge on any atom is -0.491 e. The Hall–Kier alpha value is -1.93. The largest absolute Gasteiger partial charge is 0.491 e. The molecule has 1 aliphatic rings. The maximum atomic E-state index is 13.2. The first-order valence-electron chi connectivity index (χ1n) is 10.5. The zero-order chi connectivity index (χ0) is 21.5. The zero-order valence-corrected chi connectivity index (χ0v) is 18.9. The Morgan fingerprint density at radius 1 is 1.37 bits per heavy atom. The number of benzene rings is 1. The summed E-state index contributed by atoms with van der Waals surface area (Å²) in [5.74, 6) is 0.918. The summed E-state index contributed by atoms with van der Waals surface area (Å²) in [5, 5.41) is 12.2. The van der Waals surface area contributed by atoms with Crippen LogP contribution in [0.1, 0.15) is 29.0 Å². The van der Waals surface area contributed by atoms with Gasteiger partial charge in [0.2, 0.25) is 5.91 Å². The van der Waals surface area contributed by atoms with Crippen molar-refractivity contribution in [1.82, 2.24) is 9.80 Å². The van der Waals surface area contributed by atoms with E-state index in [1.807, 2.05) is 47.9 Å². The van der Waals surface area contributed by atoms with Crippen LogP contribution in [0.3, 0.4) is 0 Å². The number of hydrogen-bond acceptors (Lipinski definition) is 6. The van der Waals surface area contributed by atoms with Crippen molar-refractivity contribution in [2.75, 3.05) is 46.5 Å². The first kappa shape index (κ1) is 22.7. The molecule has 164 valence electrons. The summed E-state index contributed by atoms with van der Waals surface area (Å²) in [4.78, 5) is 18.5. The minimum atomic E-state index is -0.604. The van der Waals surface area contributed by atoms with Gasteiger partial charge in [0.25, 0.3) is 0 Å². The summed E-state index contributed by atoms with van der Waals surface area (Å²) in [6.45, 7) is 6.78. The van der Waals surface area contributed by atoms with Crippen molar-refractivity contribution in [3.63, 3.8) is 0 Å². The lowest BCUT2D eigenvalue weighted by Crippen LogP contribution is -2.48. The van der Waals surface area contributed by atoms with E-state index in [9.17, 15) is 9.90 Å². The van der Waals surface area contributed by atoms with E-state index in [1.54, 1.807) is 18.4 Å². The third-order valence-corrected chi connectivity index (χ3v) is 6.54. The molecule has 2 heterocycles. The normalized spacial score (nSPS) is 17.1. The standard InChI is InChI=1S/C23H32N2O4S/c1-4-24(13-18(26)15-28-3)14-23(27)25-11-9-22-19(10-12-30-22)20(25)16-29-21-8-6-5-7-17(21)2/h5-8,10,12,18,20,26H,4,9,11,13-16H2,1-3H3/t18-,20-/m1/s1. The van der Waals surface area contributed by atoms with E-state index >= 15 is 0 Å². The molecule has 0 radical (unpaired) electrons. The van der Waals surface area contributed by atoms with Gasteiger partial charge in [0.15, 0.2) is 0 Å². The van der Waals surface area contributed by atoms with Crippen molar-refractivity contribution in [3.05, 3.63) is 51.7 Å². The lowest BCUT2D eigenvalue weighted by Gasteiger charge is -2.37. The number of rotatable bonds is 10. The molecule has 0 saturated heterocycles. The van der Waals surface area contributed by atoms with E-state index in [4.69, 9.17) is 9.47 Å². The number of carbonyl (C=O) groups excluding carboxylic acids is 1. The molecular weight excluding hydrogens is 400 g/mol. The third-order valence-electron chi connectivity index (χ3n) is 5.54. The van der Waals surface area contributed by atoms with Crippen molar-refractivity contribution in [2.45, 2.75) is 32.4 Å². The summed E-state index contributed by atoms with van der Waals surface area (Å²) in [5.41, 5.74) is 2.27. The van der Waals surface area contributed by atoms with Crippen molar-refractivity contribution in [1.29, 1.82) is 0 Å². The summed E-state index contributed by atoms with van der Waals surface area (Å²) in [7, 11) is 1.57. The van der Waals surface area contributed by atoms with E-state index in [1.165, 1.54) is 10.4 Å². The molecule has 0 unspecified atom stereocenters. The second kappa shape index (κ2) is 10.9. The number of aliphatic hydroxyl groups excluding tert-OH is 1. The van der Waals surface area contributed by atoms with Crippen LogP contribution in [0.5, 0.6) is 5.75 Å². The van der Waals surface area contributed by atoms with Gasteiger partial charge in [-0.1, -0.05) is 25.1 Å². The van der Waals surface area contributed by atoms with Crippen LogP contribution in [-0.4, -0.2) is 73.4 Å². The molecule has 0 saturated carbocycles. The van der Waals surface area contributed by atoms with Crippen LogP contribution in [0, 0.1) is 6.92 Å². The molecule has 0 bridgehead atoms. The number of nitrogens with zero attached hydrogens (tertiary/aromatic N) is 2. The van der Waals surface area contributed by atoms with E-state index in [0.717, 1.165) is 17.7 Å². The van der Waals surface area contributed by atoms with Crippen LogP contribution in [0.4, 0.5) is 0 Å². The maximum absolute atomic E-state index is 13.2. The Bertz CT molecular complexity index is 825. The molecule has 1 aliphatic heterocycles. The number of hydrogen-bond donors (Lipinski definition) is 1. The van der Waals surface area contributed by atoms with Crippen molar-refractivity contribution < 1.29 is 19.4 Å². The zero-order valence-electron chi connectivity index (χ0n) is 18.0. The predicted octanol–water partition coefficient (Wildman–Crippen LogP) is 2.89. The van der Waals surface area contributed by atoms with Gasteiger partial charge in [-0.3, -0.25) is 9.69 Å². The van der Waals surface area contributed by atoms with E-state index in [-0.39, 0.29) is 25.1 Å². The number of methoxy groups -OCH3 is 1. The Kier molecular flexibility index (Phi) is 8.27.